The number of nitrogens with two attached hydrogens (primary N) is 1. The van der Waals surface area contributed by atoms with E-state index in [4.69, 9.17) is 10.5 Å². The number of ether oxygens (including phenoxy) is 1. The van der Waals surface area contributed by atoms with Crippen molar-refractivity contribution in [3.05, 3.63) is 59.5 Å². The van der Waals surface area contributed by atoms with E-state index < -0.39 is 23.6 Å². The van der Waals surface area contributed by atoms with Crippen molar-refractivity contribution in [1.29, 1.82) is 0 Å². The van der Waals surface area contributed by atoms with E-state index in [1.807, 2.05) is 13.8 Å². The van der Waals surface area contributed by atoms with Gasteiger partial charge in [-0.25, -0.2) is 14.2 Å². The quantitative estimate of drug-likeness (QED) is 0.775. The highest BCUT2D eigenvalue weighted by Gasteiger charge is 2.27. The molecule has 7 heteroatoms. The Balaban J connectivity index is 2.31. The van der Waals surface area contributed by atoms with E-state index in [9.17, 15) is 14.0 Å². The molecule has 6 nitrogen and oxygen atoms in total. The van der Waals surface area contributed by atoms with Gasteiger partial charge in [0.25, 0.3) is 0 Å². The molecule has 0 radical (unpaired) electrons. The summed E-state index contributed by atoms with van der Waals surface area (Å²) in [4.78, 5) is 30.9. The number of aromatic nitrogens is 1. The Morgan fingerprint density at radius 2 is 1.75 bits per heavy atom. The predicted molar refractivity (Wildman–Crippen MR) is 106 cm³/mol. The topological polar surface area (TPSA) is 85.5 Å². The molecule has 1 aromatic carbocycles. The molecule has 0 aliphatic heterocycles. The lowest BCUT2D eigenvalue weighted by molar-refractivity contribution is 0.0569. The molecule has 150 valence electrons. The summed E-state index contributed by atoms with van der Waals surface area (Å²) >= 11 is 0. The minimum absolute atomic E-state index is 0.221. The Hall–Kier alpha value is -2.80. The van der Waals surface area contributed by atoms with Crippen molar-refractivity contribution in [2.75, 3.05) is 4.90 Å². The molecule has 0 fully saturated rings. The first-order valence-electron chi connectivity index (χ1n) is 9.03. The number of carbonyl (C=O) groups excluding carboxylic acids is 2. The highest BCUT2D eigenvalue weighted by atomic mass is 19.1. The summed E-state index contributed by atoms with van der Waals surface area (Å²) in [5.41, 5.74) is 6.27. The zero-order chi connectivity index (χ0) is 21.1. The van der Waals surface area contributed by atoms with Gasteiger partial charge in [-0.2, -0.15) is 0 Å². The van der Waals surface area contributed by atoms with Gasteiger partial charge in [0.1, 0.15) is 17.2 Å². The molecule has 1 unspecified atom stereocenters. The maximum atomic E-state index is 13.1. The average Bonchev–Trinajstić information content (AvgIpc) is 2.59. The van der Waals surface area contributed by atoms with Crippen LogP contribution in [0.1, 0.15) is 56.6 Å². The third-order valence-corrected chi connectivity index (χ3v) is 3.89. The van der Waals surface area contributed by atoms with Crippen molar-refractivity contribution in [1.82, 2.24) is 4.98 Å². The summed E-state index contributed by atoms with van der Waals surface area (Å²) < 4.78 is 18.5. The maximum absolute atomic E-state index is 13.1. The number of pyridine rings is 1. The number of hydrogen-bond acceptors (Lipinski definition) is 5. The van der Waals surface area contributed by atoms with Crippen molar-refractivity contribution in [2.45, 2.75) is 52.3 Å². The second-order valence-corrected chi connectivity index (χ2v) is 7.74. The van der Waals surface area contributed by atoms with Crippen LogP contribution in [0.15, 0.2) is 42.6 Å². The van der Waals surface area contributed by atoms with Crippen molar-refractivity contribution < 1.29 is 18.7 Å². The van der Waals surface area contributed by atoms with Crippen LogP contribution >= 0.6 is 0 Å². The van der Waals surface area contributed by atoms with Gasteiger partial charge >= 0.3 is 6.09 Å². The third-order valence-electron chi connectivity index (χ3n) is 3.89. The molecule has 28 heavy (non-hydrogen) atoms. The number of carbonyl (C=O) groups is 2. The maximum Gasteiger partial charge on any atom is 0.416 e. The minimum Gasteiger partial charge on any atom is -0.443 e. The van der Waals surface area contributed by atoms with Gasteiger partial charge in [-0.3, -0.25) is 9.69 Å². The number of Topliss-reactive ketones (excluding diaryl/α,β-unsaturated/α-hetero) is 1. The molecule has 0 saturated heterocycles. The highest BCUT2D eigenvalue weighted by Crippen LogP contribution is 2.23. The number of rotatable bonds is 5. The molecule has 0 aliphatic carbocycles. The Kier molecular flexibility index (Phi) is 6.51. The van der Waals surface area contributed by atoms with Crippen molar-refractivity contribution in [2.24, 2.45) is 5.73 Å². The number of amides is 1. The van der Waals surface area contributed by atoms with Crippen LogP contribution in [0, 0.1) is 5.82 Å². The Morgan fingerprint density at radius 1 is 1.14 bits per heavy atom. The van der Waals surface area contributed by atoms with Crippen LogP contribution in [0.2, 0.25) is 0 Å². The highest BCUT2D eigenvalue weighted by molar-refractivity contribution is 6.00. The van der Waals surface area contributed by atoms with Crippen LogP contribution in [-0.2, 0) is 4.74 Å². The van der Waals surface area contributed by atoms with Gasteiger partial charge in [0.05, 0.1) is 6.04 Å². The fourth-order valence-corrected chi connectivity index (χ4v) is 2.58. The van der Waals surface area contributed by atoms with Crippen LogP contribution in [0.4, 0.5) is 15.0 Å². The summed E-state index contributed by atoms with van der Waals surface area (Å²) in [6.45, 7) is 9.02. The van der Waals surface area contributed by atoms with Gasteiger partial charge in [0.15, 0.2) is 5.78 Å². The molecule has 0 aliphatic rings. The molecule has 2 N–H and O–H groups in total. The number of benzene rings is 1. The monoisotopic (exact) mass is 387 g/mol. The molecule has 1 heterocycles. The van der Waals surface area contributed by atoms with Crippen LogP contribution in [0.5, 0.6) is 0 Å². The zero-order valence-electron chi connectivity index (χ0n) is 16.8. The standard InChI is InChI=1S/C21H26FN3O3/c1-13(2)25(20(27)28-21(3,4)5)17-12-15(10-11-24-17)18(23)19(26)14-6-8-16(22)9-7-14/h6-13,18H,23H2,1-5H3. The van der Waals surface area contributed by atoms with Crippen molar-refractivity contribution in [3.8, 4) is 0 Å². The van der Waals surface area contributed by atoms with Gasteiger partial charge in [-0.15, -0.1) is 0 Å². The number of hydrogen-bond donors (Lipinski definition) is 1. The number of anilines is 1. The number of nitrogens with zero attached hydrogens (tertiary/aromatic N) is 2. The first-order valence-corrected chi connectivity index (χ1v) is 9.03. The molecule has 2 rings (SSSR count). The summed E-state index contributed by atoms with van der Waals surface area (Å²) in [6, 6.07) is 7.21. The van der Waals surface area contributed by atoms with Gasteiger partial charge in [-0.1, -0.05) is 0 Å². The molecular formula is C21H26FN3O3. The Bertz CT molecular complexity index is 845. The summed E-state index contributed by atoms with van der Waals surface area (Å²) in [5.74, 6) is -0.448. The second-order valence-electron chi connectivity index (χ2n) is 7.74. The predicted octanol–water partition coefficient (Wildman–Crippen LogP) is 4.25. The molecule has 2 aromatic rings. The van der Waals surface area contributed by atoms with Crippen LogP contribution in [0.3, 0.4) is 0 Å². The minimum atomic E-state index is -0.972. The van der Waals surface area contributed by atoms with Gasteiger partial charge in [0, 0.05) is 17.8 Å². The molecule has 0 bridgehead atoms. The average molecular weight is 387 g/mol. The molecule has 0 saturated carbocycles. The number of halogens is 1. The summed E-state index contributed by atoms with van der Waals surface area (Å²) in [7, 11) is 0. The van der Waals surface area contributed by atoms with E-state index in [0.29, 0.717) is 16.9 Å². The van der Waals surface area contributed by atoms with Crippen LogP contribution in [-0.4, -0.2) is 28.5 Å². The SMILES string of the molecule is CC(C)N(C(=O)OC(C)(C)C)c1cc(C(N)C(=O)c2ccc(F)cc2)ccn1. The van der Waals surface area contributed by atoms with Crippen molar-refractivity contribution >= 4 is 17.7 Å². The van der Waals surface area contributed by atoms with Crippen molar-refractivity contribution in [3.63, 3.8) is 0 Å². The molecule has 0 spiro atoms. The first-order chi connectivity index (χ1) is 13.0. The van der Waals surface area contributed by atoms with E-state index in [2.05, 4.69) is 4.98 Å². The van der Waals surface area contributed by atoms with E-state index in [1.165, 1.54) is 35.4 Å². The lowest BCUT2D eigenvalue weighted by Gasteiger charge is -2.29. The van der Waals surface area contributed by atoms with Gasteiger partial charge in [-0.05, 0) is 76.6 Å². The van der Waals surface area contributed by atoms with Gasteiger partial charge < -0.3 is 10.5 Å². The molecule has 1 atom stereocenters. The third kappa shape index (κ3) is 5.36. The summed E-state index contributed by atoms with van der Waals surface area (Å²) in [5, 5.41) is 0. The summed E-state index contributed by atoms with van der Waals surface area (Å²) in [6.07, 6.45) is 0.952. The normalized spacial score (nSPS) is 12.6. The van der Waals surface area contributed by atoms with Crippen LogP contribution < -0.4 is 10.6 Å². The molecule has 1 amide bonds. The van der Waals surface area contributed by atoms with Gasteiger partial charge in [0.2, 0.25) is 0 Å². The second kappa shape index (κ2) is 8.48. The fraction of sp³-hybridized carbons (Fsp3) is 0.381. The fourth-order valence-electron chi connectivity index (χ4n) is 2.58. The lowest BCUT2D eigenvalue weighted by Crippen LogP contribution is -2.41. The molecular weight excluding hydrogens is 361 g/mol. The van der Waals surface area contributed by atoms with Crippen LogP contribution in [0.25, 0.3) is 0 Å². The Morgan fingerprint density at radius 3 is 2.29 bits per heavy atom. The zero-order valence-corrected chi connectivity index (χ0v) is 16.8. The largest absolute Gasteiger partial charge is 0.443 e. The van der Waals surface area contributed by atoms with E-state index in [-0.39, 0.29) is 11.8 Å². The first kappa shape index (κ1) is 21.5. The lowest BCUT2D eigenvalue weighted by atomic mass is 9.99. The van der Waals surface area contributed by atoms with E-state index in [0.717, 1.165) is 0 Å². The van der Waals surface area contributed by atoms with E-state index in [1.54, 1.807) is 32.9 Å². The molecule has 1 aromatic heterocycles. The number of ketones is 1. The Labute approximate surface area is 164 Å². The smallest absolute Gasteiger partial charge is 0.416 e. The van der Waals surface area contributed by atoms with E-state index >= 15 is 0 Å².